The maximum atomic E-state index is 12.5. The molecule has 0 spiro atoms. The van der Waals surface area contributed by atoms with Gasteiger partial charge in [0, 0.05) is 19.6 Å². The Kier molecular flexibility index (Phi) is 39.4. The second-order valence-electron chi connectivity index (χ2n) is 13.8. The van der Waals surface area contributed by atoms with Gasteiger partial charge in [-0.1, -0.05) is 146 Å². The number of rotatable bonds is 40. The van der Waals surface area contributed by atoms with Crippen molar-refractivity contribution in [2.75, 3.05) is 33.0 Å². The highest BCUT2D eigenvalue weighted by Gasteiger charge is 2.25. The van der Waals surface area contributed by atoms with Gasteiger partial charge in [0.05, 0.1) is 19.8 Å². The minimum Gasteiger partial charge on any atom is -0.457 e. The summed E-state index contributed by atoms with van der Waals surface area (Å²) < 4.78 is 33.4. The van der Waals surface area contributed by atoms with E-state index in [1.165, 1.54) is 96.3 Å². The Morgan fingerprint density at radius 1 is 0.577 bits per heavy atom. The van der Waals surface area contributed by atoms with Crippen LogP contribution in [-0.4, -0.2) is 49.9 Å². The zero-order chi connectivity index (χ0) is 38.1. The molecule has 0 radical (unpaired) electrons. The SMILES string of the molecule is CCCCC/C=C\C/C=C\C/C=C\CCCCCCCCCOCC(COP(=O)(O)OCCN)OC(=O)CCCCCCC/C=C\CCCCCC. The van der Waals surface area contributed by atoms with E-state index in [1.807, 2.05) is 0 Å². The molecule has 0 saturated carbocycles. The zero-order valence-corrected chi connectivity index (χ0v) is 34.4. The molecule has 9 heteroatoms. The van der Waals surface area contributed by atoms with E-state index in [9.17, 15) is 14.3 Å². The van der Waals surface area contributed by atoms with Crippen LogP contribution in [0.5, 0.6) is 0 Å². The highest BCUT2D eigenvalue weighted by atomic mass is 31.2. The standard InChI is InChI=1S/C43H80NO7P/c1-3-5-7-9-11-13-15-17-18-19-20-21-22-23-25-27-29-31-33-35-38-48-40-42(41-50-52(46,47)49-39-37-44)51-43(45)36-34-32-30-28-26-24-16-14-12-10-8-6-4-2/h11,13-14,16-18,20-21,42H,3-10,12,15,19,22-41,44H2,1-2H3,(H,46,47)/b13-11-,16-14-,18-17-,21-20-. The molecule has 0 aliphatic heterocycles. The summed E-state index contributed by atoms with van der Waals surface area (Å²) in [7, 11) is -4.28. The molecule has 304 valence electrons. The minimum atomic E-state index is -4.28. The van der Waals surface area contributed by atoms with E-state index < -0.39 is 13.9 Å². The summed E-state index contributed by atoms with van der Waals surface area (Å²) >= 11 is 0. The first kappa shape index (κ1) is 50.5. The molecular formula is C43H80NO7P. The van der Waals surface area contributed by atoms with Gasteiger partial charge in [0.25, 0.3) is 0 Å². The van der Waals surface area contributed by atoms with Gasteiger partial charge >= 0.3 is 13.8 Å². The molecule has 0 aliphatic rings. The average molecular weight is 754 g/mol. The lowest BCUT2D eigenvalue weighted by Crippen LogP contribution is -2.28. The van der Waals surface area contributed by atoms with E-state index in [2.05, 4.69) is 62.5 Å². The molecule has 0 amide bonds. The summed E-state index contributed by atoms with van der Waals surface area (Å²) in [6.45, 7) is 4.84. The molecule has 0 saturated heterocycles. The van der Waals surface area contributed by atoms with Crippen LogP contribution in [0.3, 0.4) is 0 Å². The van der Waals surface area contributed by atoms with Crippen LogP contribution in [0, 0.1) is 0 Å². The maximum absolute atomic E-state index is 12.5. The van der Waals surface area contributed by atoms with Crippen LogP contribution < -0.4 is 5.73 Å². The van der Waals surface area contributed by atoms with E-state index in [-0.39, 0.29) is 32.3 Å². The topological polar surface area (TPSA) is 117 Å². The van der Waals surface area contributed by atoms with Crippen molar-refractivity contribution in [2.24, 2.45) is 5.73 Å². The fraction of sp³-hybridized carbons (Fsp3) is 0.791. The van der Waals surface area contributed by atoms with Gasteiger partial charge in [-0.2, -0.15) is 0 Å². The van der Waals surface area contributed by atoms with Gasteiger partial charge in [-0.25, -0.2) is 4.57 Å². The van der Waals surface area contributed by atoms with E-state index >= 15 is 0 Å². The Bertz CT molecular complexity index is 936. The molecule has 0 aromatic carbocycles. The van der Waals surface area contributed by atoms with Crippen molar-refractivity contribution in [1.29, 1.82) is 0 Å². The third-order valence-electron chi connectivity index (χ3n) is 8.72. The number of carbonyl (C=O) groups is 1. The van der Waals surface area contributed by atoms with Crippen molar-refractivity contribution in [1.82, 2.24) is 0 Å². The lowest BCUT2D eigenvalue weighted by Gasteiger charge is -2.20. The molecule has 0 aliphatic carbocycles. The molecule has 2 unspecified atom stereocenters. The third-order valence-corrected chi connectivity index (χ3v) is 9.70. The van der Waals surface area contributed by atoms with Gasteiger partial charge in [-0.05, 0) is 77.0 Å². The molecular weight excluding hydrogens is 673 g/mol. The van der Waals surface area contributed by atoms with Crippen LogP contribution in [0.1, 0.15) is 181 Å². The zero-order valence-electron chi connectivity index (χ0n) is 33.5. The number of esters is 1. The van der Waals surface area contributed by atoms with Crippen LogP contribution >= 0.6 is 7.82 Å². The number of ether oxygens (including phenoxy) is 2. The van der Waals surface area contributed by atoms with Gasteiger partial charge in [-0.15, -0.1) is 0 Å². The van der Waals surface area contributed by atoms with Gasteiger partial charge < -0.3 is 20.1 Å². The quantitative estimate of drug-likeness (QED) is 0.0275. The number of phosphoric acid groups is 1. The van der Waals surface area contributed by atoms with Gasteiger partial charge in [0.2, 0.25) is 0 Å². The Morgan fingerprint density at radius 3 is 1.58 bits per heavy atom. The molecule has 0 aromatic rings. The first-order valence-corrected chi connectivity index (χ1v) is 22.6. The van der Waals surface area contributed by atoms with Crippen LogP contribution in [0.25, 0.3) is 0 Å². The molecule has 52 heavy (non-hydrogen) atoms. The van der Waals surface area contributed by atoms with E-state index in [0.29, 0.717) is 13.0 Å². The lowest BCUT2D eigenvalue weighted by atomic mass is 10.1. The van der Waals surface area contributed by atoms with Gasteiger partial charge in [-0.3, -0.25) is 13.8 Å². The second-order valence-corrected chi connectivity index (χ2v) is 15.3. The lowest BCUT2D eigenvalue weighted by molar-refractivity contribution is -0.154. The van der Waals surface area contributed by atoms with Crippen molar-refractivity contribution in [3.8, 4) is 0 Å². The van der Waals surface area contributed by atoms with Gasteiger partial charge in [0.1, 0.15) is 6.10 Å². The Balaban J connectivity index is 4.06. The van der Waals surface area contributed by atoms with Crippen LogP contribution in [0.15, 0.2) is 48.6 Å². The van der Waals surface area contributed by atoms with Crippen LogP contribution in [-0.2, 0) is 27.9 Å². The summed E-state index contributed by atoms with van der Waals surface area (Å²) in [4.78, 5) is 22.4. The number of unbranched alkanes of at least 4 members (excludes halogenated alkanes) is 19. The maximum Gasteiger partial charge on any atom is 0.472 e. The molecule has 3 N–H and O–H groups in total. The van der Waals surface area contributed by atoms with E-state index in [1.54, 1.807) is 0 Å². The Labute approximate surface area is 320 Å². The molecule has 0 bridgehead atoms. The predicted octanol–water partition coefficient (Wildman–Crippen LogP) is 12.4. The molecule has 2 atom stereocenters. The highest BCUT2D eigenvalue weighted by molar-refractivity contribution is 7.47. The normalized spacial score (nSPS) is 14.0. The smallest absolute Gasteiger partial charge is 0.457 e. The highest BCUT2D eigenvalue weighted by Crippen LogP contribution is 2.43. The second kappa shape index (κ2) is 40.6. The predicted molar refractivity (Wildman–Crippen MR) is 219 cm³/mol. The number of carbonyl (C=O) groups excluding carboxylic acids is 1. The number of allylic oxidation sites excluding steroid dienone is 8. The molecule has 8 nitrogen and oxygen atoms in total. The third kappa shape index (κ3) is 39.7. The van der Waals surface area contributed by atoms with Crippen molar-refractivity contribution < 1.29 is 32.8 Å². The van der Waals surface area contributed by atoms with Crippen molar-refractivity contribution in [2.45, 2.75) is 187 Å². The fourth-order valence-electron chi connectivity index (χ4n) is 5.59. The van der Waals surface area contributed by atoms with Gasteiger partial charge in [0.15, 0.2) is 0 Å². The summed E-state index contributed by atoms with van der Waals surface area (Å²) in [5.41, 5.74) is 5.36. The van der Waals surface area contributed by atoms with Crippen LogP contribution in [0.4, 0.5) is 0 Å². The minimum absolute atomic E-state index is 0.0958. The molecule has 0 fully saturated rings. The first-order valence-electron chi connectivity index (χ1n) is 21.1. The number of phosphoric ester groups is 1. The van der Waals surface area contributed by atoms with Crippen molar-refractivity contribution >= 4 is 13.8 Å². The first-order chi connectivity index (χ1) is 25.4. The van der Waals surface area contributed by atoms with E-state index in [0.717, 1.165) is 64.2 Å². The summed E-state index contributed by atoms with van der Waals surface area (Å²) in [5.74, 6) is -0.345. The fourth-order valence-corrected chi connectivity index (χ4v) is 6.35. The molecule has 0 heterocycles. The number of hydrogen-bond donors (Lipinski definition) is 2. The Hall–Kier alpha value is -1.54. The Morgan fingerprint density at radius 2 is 1.02 bits per heavy atom. The van der Waals surface area contributed by atoms with E-state index in [4.69, 9.17) is 24.3 Å². The van der Waals surface area contributed by atoms with Crippen molar-refractivity contribution in [3.63, 3.8) is 0 Å². The monoisotopic (exact) mass is 754 g/mol. The average Bonchev–Trinajstić information content (AvgIpc) is 3.13. The summed E-state index contributed by atoms with van der Waals surface area (Å²) in [6, 6.07) is 0. The van der Waals surface area contributed by atoms with Crippen LogP contribution in [0.2, 0.25) is 0 Å². The molecule has 0 aromatic heterocycles. The largest absolute Gasteiger partial charge is 0.472 e. The number of nitrogens with two attached hydrogens (primary N) is 1. The summed E-state index contributed by atoms with van der Waals surface area (Å²) in [6.07, 6.45) is 46.9. The number of hydrogen-bond acceptors (Lipinski definition) is 7. The summed E-state index contributed by atoms with van der Waals surface area (Å²) in [5, 5.41) is 0. The molecule has 0 rings (SSSR count). The van der Waals surface area contributed by atoms with Crippen molar-refractivity contribution in [3.05, 3.63) is 48.6 Å².